The van der Waals surface area contributed by atoms with Gasteiger partial charge in [-0.05, 0) is 0 Å². The maximum Gasteiger partial charge on any atom is 0.187 e. The van der Waals surface area contributed by atoms with Crippen LogP contribution in [0.15, 0.2) is 0 Å². The molecule has 0 aliphatic carbocycles. The molecule has 0 radical (unpaired) electrons. The fourth-order valence-corrected chi connectivity index (χ4v) is 2.94. The number of hydrogen-bond acceptors (Lipinski definition) is 13. The molecule has 13 nitrogen and oxygen atoms in total. The van der Waals surface area contributed by atoms with Crippen LogP contribution in [0.3, 0.4) is 0 Å². The lowest BCUT2D eigenvalue weighted by atomic mass is 9.97. The van der Waals surface area contributed by atoms with E-state index >= 15 is 0 Å². The quantitative estimate of drug-likeness (QED) is 0.180. The molecule has 0 aromatic carbocycles. The van der Waals surface area contributed by atoms with Crippen molar-refractivity contribution >= 4 is 0 Å². The van der Waals surface area contributed by atoms with Crippen LogP contribution in [0.1, 0.15) is 0 Å². The molecule has 2 rings (SSSR count). The van der Waals surface area contributed by atoms with Crippen molar-refractivity contribution in [3.63, 3.8) is 0 Å². The number of hydrogen-bond donors (Lipinski definition) is 9. The summed E-state index contributed by atoms with van der Waals surface area (Å²) in [6.45, 7) is -2.43. The Morgan fingerprint density at radius 1 is 0.714 bits per heavy atom. The Morgan fingerprint density at radius 3 is 1.86 bits per heavy atom. The molecule has 2 heterocycles. The minimum atomic E-state index is -1.77. The van der Waals surface area contributed by atoms with E-state index in [1.54, 1.807) is 0 Å². The second-order valence-corrected chi connectivity index (χ2v) is 6.67. The van der Waals surface area contributed by atoms with Crippen LogP contribution in [0.4, 0.5) is 0 Å². The summed E-state index contributed by atoms with van der Waals surface area (Å²) in [7, 11) is 0. The highest BCUT2D eigenvalue weighted by molar-refractivity contribution is 4.94. The van der Waals surface area contributed by atoms with E-state index in [9.17, 15) is 40.9 Å². The maximum absolute atomic E-state index is 10.4. The van der Waals surface area contributed by atoms with Gasteiger partial charge in [0.2, 0.25) is 0 Å². The van der Waals surface area contributed by atoms with Crippen LogP contribution in [0.2, 0.25) is 0 Å². The summed E-state index contributed by atoms with van der Waals surface area (Å²) < 4.78 is 20.9. The van der Waals surface area contributed by atoms with Gasteiger partial charge in [-0.3, -0.25) is 0 Å². The van der Waals surface area contributed by atoms with Crippen LogP contribution in [0, 0.1) is 0 Å². The molecule has 0 aromatic rings. The van der Waals surface area contributed by atoms with Crippen molar-refractivity contribution in [2.45, 2.75) is 67.5 Å². The average Bonchev–Trinajstić information content (AvgIpc) is 2.70. The van der Waals surface area contributed by atoms with Gasteiger partial charge in [0.1, 0.15) is 54.9 Å². The van der Waals surface area contributed by atoms with E-state index in [0.717, 1.165) is 0 Å². The molecule has 0 spiro atoms. The number of ether oxygens (including phenoxy) is 4. The second-order valence-electron chi connectivity index (χ2n) is 6.67. The lowest BCUT2D eigenvalue weighted by molar-refractivity contribution is -0.361. The zero-order valence-electron chi connectivity index (χ0n) is 14.8. The fraction of sp³-hybridized carbons (Fsp3) is 1.00. The lowest BCUT2D eigenvalue weighted by Crippen LogP contribution is -2.65. The third-order valence-corrected chi connectivity index (χ3v) is 4.63. The van der Waals surface area contributed by atoms with Gasteiger partial charge in [0.15, 0.2) is 12.6 Å². The molecule has 0 amide bonds. The molecule has 9 N–H and O–H groups in total. The van der Waals surface area contributed by atoms with E-state index in [1.807, 2.05) is 0 Å². The largest absolute Gasteiger partial charge is 0.394 e. The van der Waals surface area contributed by atoms with E-state index in [0.29, 0.717) is 0 Å². The van der Waals surface area contributed by atoms with Crippen LogP contribution in [-0.4, -0.2) is 140 Å². The Bertz CT molecular complexity index is 465. The molecular formula is C15H28O13. The molecule has 13 heteroatoms. The van der Waals surface area contributed by atoms with Gasteiger partial charge >= 0.3 is 0 Å². The first kappa shape index (κ1) is 23.8. The Kier molecular flexibility index (Phi) is 8.90. The highest BCUT2D eigenvalue weighted by Crippen LogP contribution is 2.29. The Hall–Kier alpha value is -0.520. The molecule has 28 heavy (non-hydrogen) atoms. The van der Waals surface area contributed by atoms with Gasteiger partial charge in [-0.1, -0.05) is 0 Å². The van der Waals surface area contributed by atoms with Crippen LogP contribution >= 0.6 is 0 Å². The first-order valence-corrected chi connectivity index (χ1v) is 8.74. The lowest BCUT2D eigenvalue weighted by Gasteiger charge is -2.46. The van der Waals surface area contributed by atoms with E-state index in [-0.39, 0.29) is 0 Å². The van der Waals surface area contributed by atoms with Crippen molar-refractivity contribution in [2.24, 2.45) is 0 Å². The topological polar surface area (TPSA) is 219 Å². The molecule has 0 aromatic heterocycles. The van der Waals surface area contributed by atoms with Gasteiger partial charge in [0.05, 0.1) is 26.4 Å². The monoisotopic (exact) mass is 416 g/mol. The normalized spacial score (nSPS) is 45.8. The summed E-state index contributed by atoms with van der Waals surface area (Å²) in [5.41, 5.74) is 0. The van der Waals surface area contributed by atoms with E-state index in [1.165, 1.54) is 0 Å². The summed E-state index contributed by atoms with van der Waals surface area (Å²) >= 11 is 0. The summed E-state index contributed by atoms with van der Waals surface area (Å²) in [6, 6.07) is 0. The molecule has 0 bridgehead atoms. The first-order valence-electron chi connectivity index (χ1n) is 8.74. The van der Waals surface area contributed by atoms with Crippen LogP contribution in [0.25, 0.3) is 0 Å². The van der Waals surface area contributed by atoms with Crippen LogP contribution in [0.5, 0.6) is 0 Å². The molecule has 0 saturated carbocycles. The fourth-order valence-electron chi connectivity index (χ4n) is 2.94. The van der Waals surface area contributed by atoms with Crippen LogP contribution < -0.4 is 0 Å². The predicted octanol–water partition coefficient (Wildman–Crippen LogP) is -6.02. The first-order chi connectivity index (χ1) is 13.2. The molecule has 2 aliphatic heterocycles. The summed E-state index contributed by atoms with van der Waals surface area (Å²) in [4.78, 5) is 0. The molecule has 11 atom stereocenters. The number of rotatable bonds is 8. The van der Waals surface area contributed by atoms with Gasteiger partial charge in [-0.2, -0.15) is 0 Å². The highest BCUT2D eigenvalue weighted by Gasteiger charge is 2.50. The third kappa shape index (κ3) is 5.14. The van der Waals surface area contributed by atoms with Gasteiger partial charge in [0.25, 0.3) is 0 Å². The van der Waals surface area contributed by atoms with E-state index < -0.39 is 93.9 Å². The summed E-state index contributed by atoms with van der Waals surface area (Å²) in [6.07, 6.45) is -16.9. The molecule has 2 aliphatic rings. The van der Waals surface area contributed by atoms with E-state index in [2.05, 4.69) is 0 Å². The van der Waals surface area contributed by atoms with Gasteiger partial charge in [-0.15, -0.1) is 0 Å². The zero-order valence-corrected chi connectivity index (χ0v) is 14.8. The van der Waals surface area contributed by atoms with E-state index in [4.69, 9.17) is 24.1 Å². The number of aliphatic hydroxyl groups excluding tert-OH is 9. The van der Waals surface area contributed by atoms with Crippen molar-refractivity contribution in [1.82, 2.24) is 0 Å². The molecule has 166 valence electrons. The molecule has 1 unspecified atom stereocenters. The standard InChI is InChI=1S/C15H28O13/c16-1-5(19)4-25-14-12(24)13(9(21)7(3-18)26-14)28-15-11(23)10(22)8(20)6(2-17)27-15/h5-24H,1-4H2/t5?,6-,7-,8-,9-,10+,11+,12+,13+,14+,15-/m1/s1. The minimum Gasteiger partial charge on any atom is -0.394 e. The van der Waals surface area contributed by atoms with Crippen LogP contribution in [-0.2, 0) is 18.9 Å². The van der Waals surface area contributed by atoms with Crippen molar-refractivity contribution in [1.29, 1.82) is 0 Å². The second kappa shape index (κ2) is 10.5. The Balaban J connectivity index is 2.11. The van der Waals surface area contributed by atoms with Gasteiger partial charge in [-0.25, -0.2) is 0 Å². The SMILES string of the molecule is OCC(O)CO[C@H]1O[C@H](CO)[C@@H](O)[C@H](O[C@H]2O[C@H](CO)[C@@H](O)[C@H](O)[C@@H]2O)[C@@H]1O. The van der Waals surface area contributed by atoms with Crippen molar-refractivity contribution in [3.05, 3.63) is 0 Å². The molecule has 2 saturated heterocycles. The zero-order chi connectivity index (χ0) is 21.0. The smallest absolute Gasteiger partial charge is 0.187 e. The highest BCUT2D eigenvalue weighted by atomic mass is 16.7. The Morgan fingerprint density at radius 2 is 1.29 bits per heavy atom. The number of aliphatic hydroxyl groups is 9. The van der Waals surface area contributed by atoms with Crippen molar-refractivity contribution in [2.75, 3.05) is 26.4 Å². The third-order valence-electron chi connectivity index (χ3n) is 4.63. The minimum absolute atomic E-state index is 0.431. The van der Waals surface area contributed by atoms with Crippen molar-refractivity contribution < 1.29 is 64.9 Å². The van der Waals surface area contributed by atoms with Gasteiger partial charge < -0.3 is 64.9 Å². The summed E-state index contributed by atoms with van der Waals surface area (Å²) in [5.74, 6) is 0. The molecule has 2 fully saturated rings. The predicted molar refractivity (Wildman–Crippen MR) is 85.4 cm³/mol. The summed E-state index contributed by atoms with van der Waals surface area (Å²) in [5, 5.41) is 87.1. The average molecular weight is 416 g/mol. The Labute approximate surface area is 159 Å². The maximum atomic E-state index is 10.4. The van der Waals surface area contributed by atoms with Gasteiger partial charge in [0, 0.05) is 0 Å². The molecular weight excluding hydrogens is 388 g/mol. The van der Waals surface area contributed by atoms with Crippen molar-refractivity contribution in [3.8, 4) is 0 Å².